The van der Waals surface area contributed by atoms with Crippen LogP contribution in [0.4, 0.5) is 0 Å². The minimum Gasteiger partial charge on any atom is -0.484 e. The van der Waals surface area contributed by atoms with Gasteiger partial charge >= 0.3 is 0 Å². The highest BCUT2D eigenvalue weighted by atomic mass is 35.5. The molecule has 0 saturated carbocycles. The van der Waals surface area contributed by atoms with Gasteiger partial charge in [-0.2, -0.15) is 0 Å². The summed E-state index contributed by atoms with van der Waals surface area (Å²) in [5.74, 6) is 0.740. The second-order valence-electron chi connectivity index (χ2n) is 5.24. The Kier molecular flexibility index (Phi) is 6.09. The van der Waals surface area contributed by atoms with Gasteiger partial charge in [0.15, 0.2) is 0 Å². The summed E-state index contributed by atoms with van der Waals surface area (Å²) in [5.41, 5.74) is 7.89. The largest absolute Gasteiger partial charge is 0.484 e. The van der Waals surface area contributed by atoms with E-state index in [1.807, 2.05) is 43.3 Å². The molecule has 112 valence electrons. The van der Waals surface area contributed by atoms with E-state index in [4.69, 9.17) is 22.1 Å². The summed E-state index contributed by atoms with van der Waals surface area (Å²) in [6.07, 6.45) is 3.00. The molecular weight excluding hydrogens is 282 g/mol. The van der Waals surface area contributed by atoms with Gasteiger partial charge in [-0.25, -0.2) is 0 Å². The smallest absolute Gasteiger partial charge is 0.138 e. The Labute approximate surface area is 131 Å². The van der Waals surface area contributed by atoms with Crippen LogP contribution in [0.2, 0.25) is 5.02 Å². The zero-order chi connectivity index (χ0) is 15.1. The SMILES string of the molecule is Cc1ccc(OC(CCCCN)c2ccccc2)c(Cl)c1. The van der Waals surface area contributed by atoms with Crippen molar-refractivity contribution in [3.8, 4) is 5.75 Å². The van der Waals surface area contributed by atoms with E-state index in [-0.39, 0.29) is 6.10 Å². The first-order chi connectivity index (χ1) is 10.2. The maximum absolute atomic E-state index is 6.28. The molecule has 21 heavy (non-hydrogen) atoms. The Hall–Kier alpha value is -1.51. The first-order valence-electron chi connectivity index (χ1n) is 7.38. The van der Waals surface area contributed by atoms with Crippen LogP contribution in [0, 0.1) is 6.92 Å². The number of unbranched alkanes of at least 4 members (excludes halogenated alkanes) is 1. The zero-order valence-electron chi connectivity index (χ0n) is 12.4. The molecule has 0 aliphatic carbocycles. The van der Waals surface area contributed by atoms with Crippen molar-refractivity contribution in [1.29, 1.82) is 0 Å². The lowest BCUT2D eigenvalue weighted by atomic mass is 10.0. The molecule has 1 unspecified atom stereocenters. The molecule has 0 spiro atoms. The van der Waals surface area contributed by atoms with Gasteiger partial charge in [-0.15, -0.1) is 0 Å². The normalized spacial score (nSPS) is 12.1. The van der Waals surface area contributed by atoms with Crippen LogP contribution in [0.1, 0.15) is 36.5 Å². The highest BCUT2D eigenvalue weighted by molar-refractivity contribution is 6.32. The molecule has 0 saturated heterocycles. The number of hydrogen-bond donors (Lipinski definition) is 1. The molecule has 2 rings (SSSR count). The molecule has 1 atom stereocenters. The molecule has 0 amide bonds. The number of rotatable bonds is 7. The Morgan fingerprint density at radius 2 is 1.86 bits per heavy atom. The molecule has 3 heteroatoms. The molecule has 0 bridgehead atoms. The first kappa shape index (κ1) is 15.9. The monoisotopic (exact) mass is 303 g/mol. The Bertz CT molecular complexity index is 556. The Morgan fingerprint density at radius 3 is 2.52 bits per heavy atom. The van der Waals surface area contributed by atoms with Crippen LogP contribution in [0.5, 0.6) is 5.75 Å². The van der Waals surface area contributed by atoms with Gasteiger partial charge in [-0.1, -0.05) is 48.0 Å². The summed E-state index contributed by atoms with van der Waals surface area (Å²) in [6.45, 7) is 2.73. The summed E-state index contributed by atoms with van der Waals surface area (Å²) in [6, 6.07) is 16.2. The third-order valence-electron chi connectivity index (χ3n) is 3.45. The second kappa shape index (κ2) is 8.06. The van der Waals surface area contributed by atoms with Gasteiger partial charge < -0.3 is 10.5 Å². The van der Waals surface area contributed by atoms with E-state index in [1.165, 1.54) is 5.56 Å². The van der Waals surface area contributed by atoms with Crippen molar-refractivity contribution in [2.75, 3.05) is 6.54 Å². The molecule has 2 nitrogen and oxygen atoms in total. The third-order valence-corrected chi connectivity index (χ3v) is 3.74. The van der Waals surface area contributed by atoms with Crippen LogP contribution in [0.3, 0.4) is 0 Å². The van der Waals surface area contributed by atoms with Crippen molar-refractivity contribution in [2.24, 2.45) is 5.73 Å². The van der Waals surface area contributed by atoms with Gasteiger partial charge in [0, 0.05) is 0 Å². The summed E-state index contributed by atoms with van der Waals surface area (Å²) in [5, 5.41) is 0.662. The average molecular weight is 304 g/mol. The molecule has 2 N–H and O–H groups in total. The molecule has 0 fully saturated rings. The van der Waals surface area contributed by atoms with Crippen molar-refractivity contribution in [3.05, 3.63) is 64.7 Å². The second-order valence-corrected chi connectivity index (χ2v) is 5.64. The number of benzene rings is 2. The van der Waals surface area contributed by atoms with Crippen LogP contribution in [0.25, 0.3) is 0 Å². The summed E-state index contributed by atoms with van der Waals surface area (Å²) in [7, 11) is 0. The van der Waals surface area contributed by atoms with Crippen LogP contribution >= 0.6 is 11.6 Å². The summed E-state index contributed by atoms with van der Waals surface area (Å²) >= 11 is 6.28. The molecule has 0 heterocycles. The average Bonchev–Trinajstić information content (AvgIpc) is 2.49. The van der Waals surface area contributed by atoms with E-state index in [2.05, 4.69) is 12.1 Å². The molecule has 0 radical (unpaired) electrons. The lowest BCUT2D eigenvalue weighted by Crippen LogP contribution is -2.09. The molecule has 2 aromatic carbocycles. The Morgan fingerprint density at radius 1 is 1.10 bits per heavy atom. The quantitative estimate of drug-likeness (QED) is 0.739. The van der Waals surface area contributed by atoms with Crippen molar-refractivity contribution < 1.29 is 4.74 Å². The van der Waals surface area contributed by atoms with Gasteiger partial charge in [-0.05, 0) is 56.0 Å². The maximum Gasteiger partial charge on any atom is 0.138 e. The van der Waals surface area contributed by atoms with Crippen molar-refractivity contribution in [3.63, 3.8) is 0 Å². The minimum absolute atomic E-state index is 0.0120. The zero-order valence-corrected chi connectivity index (χ0v) is 13.1. The maximum atomic E-state index is 6.28. The molecule has 0 aromatic heterocycles. The van der Waals surface area contributed by atoms with Gasteiger partial charge in [0.2, 0.25) is 0 Å². The van der Waals surface area contributed by atoms with E-state index >= 15 is 0 Å². The fourth-order valence-corrected chi connectivity index (χ4v) is 2.57. The van der Waals surface area contributed by atoms with Crippen molar-refractivity contribution in [1.82, 2.24) is 0 Å². The standard InChI is InChI=1S/C18H22ClNO/c1-14-10-11-18(16(19)13-14)21-17(9-5-6-12-20)15-7-3-2-4-8-15/h2-4,7-8,10-11,13,17H,5-6,9,12,20H2,1H3. The fourth-order valence-electron chi connectivity index (χ4n) is 2.29. The summed E-state index contributed by atoms with van der Waals surface area (Å²) < 4.78 is 6.16. The van der Waals surface area contributed by atoms with E-state index in [1.54, 1.807) is 0 Å². The molecule has 2 aromatic rings. The van der Waals surface area contributed by atoms with Crippen LogP contribution in [0.15, 0.2) is 48.5 Å². The number of nitrogens with two attached hydrogens (primary N) is 1. The summed E-state index contributed by atoms with van der Waals surface area (Å²) in [4.78, 5) is 0. The lowest BCUT2D eigenvalue weighted by molar-refractivity contribution is 0.191. The molecule has 0 aliphatic rings. The van der Waals surface area contributed by atoms with Crippen LogP contribution < -0.4 is 10.5 Å². The first-order valence-corrected chi connectivity index (χ1v) is 7.76. The number of aryl methyl sites for hydroxylation is 1. The van der Waals surface area contributed by atoms with E-state index in [0.717, 1.165) is 30.6 Å². The molecular formula is C18H22ClNO. The van der Waals surface area contributed by atoms with E-state index in [9.17, 15) is 0 Å². The van der Waals surface area contributed by atoms with Gasteiger partial charge in [0.05, 0.1) is 5.02 Å². The lowest BCUT2D eigenvalue weighted by Gasteiger charge is -2.20. The van der Waals surface area contributed by atoms with Crippen molar-refractivity contribution >= 4 is 11.6 Å². The third kappa shape index (κ3) is 4.76. The van der Waals surface area contributed by atoms with Gasteiger partial charge in [0.1, 0.15) is 11.9 Å². The molecule has 0 aliphatic heterocycles. The Balaban J connectivity index is 2.15. The number of hydrogen-bond acceptors (Lipinski definition) is 2. The highest BCUT2D eigenvalue weighted by Crippen LogP contribution is 2.32. The predicted molar refractivity (Wildman–Crippen MR) is 88.9 cm³/mol. The van der Waals surface area contributed by atoms with Gasteiger partial charge in [0.25, 0.3) is 0 Å². The van der Waals surface area contributed by atoms with Gasteiger partial charge in [-0.3, -0.25) is 0 Å². The highest BCUT2D eigenvalue weighted by Gasteiger charge is 2.14. The van der Waals surface area contributed by atoms with Crippen LogP contribution in [-0.4, -0.2) is 6.54 Å². The van der Waals surface area contributed by atoms with E-state index < -0.39 is 0 Å². The topological polar surface area (TPSA) is 35.2 Å². The van der Waals surface area contributed by atoms with Crippen LogP contribution in [-0.2, 0) is 0 Å². The minimum atomic E-state index is 0.0120. The predicted octanol–water partition coefficient (Wildman–Crippen LogP) is 4.90. The fraction of sp³-hybridized carbons (Fsp3) is 0.333. The number of halogens is 1. The van der Waals surface area contributed by atoms with Crippen molar-refractivity contribution in [2.45, 2.75) is 32.3 Å². The van der Waals surface area contributed by atoms with E-state index in [0.29, 0.717) is 11.6 Å². The number of ether oxygens (including phenoxy) is 1.